The van der Waals surface area contributed by atoms with Crippen molar-refractivity contribution in [3.63, 3.8) is 0 Å². The minimum Gasteiger partial charge on any atom is -0.460 e. The number of halogens is 1. The van der Waals surface area contributed by atoms with Crippen LogP contribution in [-0.2, 0) is 14.3 Å². The highest BCUT2D eigenvalue weighted by Crippen LogP contribution is 2.19. The molecule has 0 aliphatic carbocycles. The number of alkyl halides is 1. The topological polar surface area (TPSA) is 63.6 Å². The molecule has 0 saturated carbocycles. The van der Waals surface area contributed by atoms with Crippen molar-refractivity contribution >= 4 is 27.7 Å². The molecule has 0 heterocycles. The standard InChI is InChI=1S/C10H17BrO4/c1-9(2,3)15-8(13)5-7(12)6-10(4,11)14/h14H,5-6H2,1-4H3. The Morgan fingerprint density at radius 3 is 2.07 bits per heavy atom. The molecule has 0 aliphatic heterocycles. The van der Waals surface area contributed by atoms with Crippen LogP contribution >= 0.6 is 15.9 Å². The summed E-state index contributed by atoms with van der Waals surface area (Å²) >= 11 is 2.91. The van der Waals surface area contributed by atoms with Gasteiger partial charge in [-0.25, -0.2) is 0 Å². The smallest absolute Gasteiger partial charge is 0.313 e. The van der Waals surface area contributed by atoms with Gasteiger partial charge in [0.2, 0.25) is 0 Å². The molecule has 15 heavy (non-hydrogen) atoms. The molecule has 1 unspecified atom stereocenters. The number of hydrogen-bond donors (Lipinski definition) is 1. The van der Waals surface area contributed by atoms with Gasteiger partial charge in [-0.1, -0.05) is 15.9 Å². The van der Waals surface area contributed by atoms with E-state index in [1.54, 1.807) is 20.8 Å². The van der Waals surface area contributed by atoms with Gasteiger partial charge < -0.3 is 9.84 Å². The van der Waals surface area contributed by atoms with Crippen LogP contribution in [0, 0.1) is 0 Å². The van der Waals surface area contributed by atoms with Crippen LogP contribution in [0.2, 0.25) is 0 Å². The van der Waals surface area contributed by atoms with E-state index in [1.807, 2.05) is 0 Å². The van der Waals surface area contributed by atoms with E-state index in [-0.39, 0.29) is 18.6 Å². The molecule has 0 spiro atoms. The van der Waals surface area contributed by atoms with Gasteiger partial charge in [0, 0.05) is 6.42 Å². The zero-order valence-electron chi connectivity index (χ0n) is 9.46. The maximum absolute atomic E-state index is 11.3. The highest BCUT2D eigenvalue weighted by molar-refractivity contribution is 9.10. The summed E-state index contributed by atoms with van der Waals surface area (Å²) in [4.78, 5) is 22.5. The molecular formula is C10H17BrO4. The monoisotopic (exact) mass is 280 g/mol. The maximum Gasteiger partial charge on any atom is 0.313 e. The fourth-order valence-electron chi connectivity index (χ4n) is 0.961. The van der Waals surface area contributed by atoms with Crippen molar-refractivity contribution in [2.24, 2.45) is 0 Å². The second kappa shape index (κ2) is 5.07. The normalized spacial score (nSPS) is 15.6. The summed E-state index contributed by atoms with van der Waals surface area (Å²) < 4.78 is 3.71. The van der Waals surface area contributed by atoms with E-state index in [0.717, 1.165) is 0 Å². The van der Waals surface area contributed by atoms with E-state index < -0.39 is 16.1 Å². The molecule has 4 nitrogen and oxygen atoms in total. The van der Waals surface area contributed by atoms with Gasteiger partial charge in [0.1, 0.15) is 22.3 Å². The largest absolute Gasteiger partial charge is 0.460 e. The van der Waals surface area contributed by atoms with Crippen molar-refractivity contribution < 1.29 is 19.4 Å². The Kier molecular flexibility index (Phi) is 4.93. The lowest BCUT2D eigenvalue weighted by Gasteiger charge is -2.19. The Morgan fingerprint density at radius 2 is 1.73 bits per heavy atom. The Bertz CT molecular complexity index is 221. The van der Waals surface area contributed by atoms with Gasteiger partial charge in [-0.3, -0.25) is 9.59 Å². The van der Waals surface area contributed by atoms with Gasteiger partial charge in [0.15, 0.2) is 0 Å². The first-order valence-electron chi connectivity index (χ1n) is 4.64. The molecule has 0 amide bonds. The summed E-state index contributed by atoms with van der Waals surface area (Å²) in [7, 11) is 0. The van der Waals surface area contributed by atoms with E-state index in [1.165, 1.54) is 6.92 Å². The van der Waals surface area contributed by atoms with Crippen LogP contribution in [0.1, 0.15) is 40.5 Å². The van der Waals surface area contributed by atoms with Crippen LogP contribution in [0.25, 0.3) is 0 Å². The number of hydrogen-bond acceptors (Lipinski definition) is 4. The van der Waals surface area contributed by atoms with Crippen LogP contribution < -0.4 is 0 Å². The molecule has 1 N–H and O–H groups in total. The van der Waals surface area contributed by atoms with Gasteiger partial charge in [-0.15, -0.1) is 0 Å². The number of Topliss-reactive ketones (excluding diaryl/α,β-unsaturated/α-hetero) is 1. The number of ketones is 1. The maximum atomic E-state index is 11.3. The second-order valence-corrected chi connectivity index (χ2v) is 6.33. The zero-order chi connectivity index (χ0) is 12.3. The first-order chi connectivity index (χ1) is 6.49. The van der Waals surface area contributed by atoms with E-state index >= 15 is 0 Å². The molecule has 0 saturated heterocycles. The molecule has 0 fully saturated rings. The van der Waals surface area contributed by atoms with Gasteiger partial charge in [-0.2, -0.15) is 0 Å². The predicted molar refractivity (Wildman–Crippen MR) is 59.6 cm³/mol. The molecule has 0 aromatic rings. The number of ether oxygens (including phenoxy) is 1. The van der Waals surface area contributed by atoms with Crippen LogP contribution in [0.15, 0.2) is 0 Å². The average Bonchev–Trinajstić information content (AvgIpc) is 1.73. The Hall–Kier alpha value is -0.420. The molecule has 1 atom stereocenters. The third-order valence-corrected chi connectivity index (χ3v) is 1.56. The Labute approximate surface area is 98.1 Å². The average molecular weight is 281 g/mol. The summed E-state index contributed by atoms with van der Waals surface area (Å²) in [5.74, 6) is -0.921. The fraction of sp³-hybridized carbons (Fsp3) is 0.800. The molecule has 0 aromatic heterocycles. The van der Waals surface area contributed by atoms with Crippen molar-refractivity contribution in [2.45, 2.75) is 50.6 Å². The molecule has 88 valence electrons. The summed E-state index contributed by atoms with van der Waals surface area (Å²) in [6, 6.07) is 0. The third-order valence-electron chi connectivity index (χ3n) is 1.28. The molecule has 0 radical (unpaired) electrons. The van der Waals surface area contributed by atoms with Crippen LogP contribution in [0.5, 0.6) is 0 Å². The van der Waals surface area contributed by atoms with E-state index in [9.17, 15) is 14.7 Å². The van der Waals surface area contributed by atoms with E-state index in [0.29, 0.717) is 0 Å². The van der Waals surface area contributed by atoms with Gasteiger partial charge in [0.25, 0.3) is 0 Å². The summed E-state index contributed by atoms with van der Waals surface area (Å²) in [5, 5.41) is 9.28. The molecule has 0 bridgehead atoms. The minimum atomic E-state index is -1.26. The minimum absolute atomic E-state index is 0.119. The molecule has 0 aliphatic rings. The number of carbonyl (C=O) groups is 2. The highest BCUT2D eigenvalue weighted by atomic mass is 79.9. The van der Waals surface area contributed by atoms with Crippen LogP contribution in [0.3, 0.4) is 0 Å². The van der Waals surface area contributed by atoms with Crippen LogP contribution in [-0.4, -0.2) is 27.0 Å². The molecule has 5 heteroatoms. The van der Waals surface area contributed by atoms with Crippen molar-refractivity contribution in [1.29, 1.82) is 0 Å². The lowest BCUT2D eigenvalue weighted by molar-refractivity contribution is -0.156. The number of esters is 1. The summed E-state index contributed by atoms with van der Waals surface area (Å²) in [6.07, 6.45) is -0.425. The van der Waals surface area contributed by atoms with E-state index in [4.69, 9.17) is 4.74 Å². The molecule has 0 rings (SSSR count). The molecular weight excluding hydrogens is 264 g/mol. The van der Waals surface area contributed by atoms with Gasteiger partial charge in [0.05, 0.1) is 0 Å². The first-order valence-corrected chi connectivity index (χ1v) is 5.44. The molecule has 0 aromatic carbocycles. The summed E-state index contributed by atoms with van der Waals surface area (Å²) in [6.45, 7) is 6.64. The van der Waals surface area contributed by atoms with Crippen LogP contribution in [0.4, 0.5) is 0 Å². The van der Waals surface area contributed by atoms with Gasteiger partial charge >= 0.3 is 5.97 Å². The Morgan fingerprint density at radius 1 is 1.27 bits per heavy atom. The SMILES string of the molecule is CC(O)(Br)CC(=O)CC(=O)OC(C)(C)C. The second-order valence-electron chi connectivity index (χ2n) is 4.62. The first kappa shape index (κ1) is 14.6. The van der Waals surface area contributed by atoms with Crippen molar-refractivity contribution in [2.75, 3.05) is 0 Å². The number of rotatable bonds is 4. The van der Waals surface area contributed by atoms with Crippen molar-refractivity contribution in [3.05, 3.63) is 0 Å². The Balaban J connectivity index is 4.04. The third kappa shape index (κ3) is 9.87. The van der Waals surface area contributed by atoms with Crippen molar-refractivity contribution in [3.8, 4) is 0 Å². The number of aliphatic hydroxyl groups is 1. The van der Waals surface area contributed by atoms with E-state index in [2.05, 4.69) is 15.9 Å². The predicted octanol–water partition coefficient (Wildman–Crippen LogP) is 1.78. The quantitative estimate of drug-likeness (QED) is 0.484. The fourth-order valence-corrected chi connectivity index (χ4v) is 1.27. The lowest BCUT2D eigenvalue weighted by atomic mass is 10.1. The van der Waals surface area contributed by atoms with Gasteiger partial charge in [-0.05, 0) is 27.7 Å². The highest BCUT2D eigenvalue weighted by Gasteiger charge is 2.24. The van der Waals surface area contributed by atoms with Crippen molar-refractivity contribution in [1.82, 2.24) is 0 Å². The lowest BCUT2D eigenvalue weighted by Crippen LogP contribution is -2.27. The number of carbonyl (C=O) groups excluding carboxylic acids is 2. The summed E-state index contributed by atoms with van der Waals surface area (Å²) in [5.41, 5.74) is -0.589. The zero-order valence-corrected chi connectivity index (χ0v) is 11.1.